The Labute approximate surface area is 105 Å². The second-order valence-electron chi connectivity index (χ2n) is 4.38. The molecule has 0 N–H and O–H groups in total. The third-order valence-corrected chi connectivity index (χ3v) is 2.49. The number of hydrogen-bond acceptors (Lipinski definition) is 1. The Hall–Kier alpha value is -1.76. The minimum absolute atomic E-state index is 1.26. The van der Waals surface area contributed by atoms with Crippen LogP contribution in [-0.2, 0) is 0 Å². The van der Waals surface area contributed by atoms with E-state index in [9.17, 15) is 0 Å². The maximum absolute atomic E-state index is 2.12. The van der Waals surface area contributed by atoms with Crippen molar-refractivity contribution < 1.29 is 0 Å². The third kappa shape index (κ3) is 5.21. The smallest absolute Gasteiger partial charge is 0.0361 e. The van der Waals surface area contributed by atoms with E-state index in [4.69, 9.17) is 0 Å². The van der Waals surface area contributed by atoms with Crippen LogP contribution in [0.5, 0.6) is 0 Å². The average Bonchev–Trinajstić information content (AvgIpc) is 2.31. The van der Waals surface area contributed by atoms with Crippen molar-refractivity contribution in [2.24, 2.45) is 0 Å². The number of anilines is 1. The maximum atomic E-state index is 2.12. The van der Waals surface area contributed by atoms with Gasteiger partial charge in [0.1, 0.15) is 0 Å². The van der Waals surface area contributed by atoms with Gasteiger partial charge < -0.3 is 4.90 Å². The second kappa shape index (κ2) is 6.74. The molecule has 17 heavy (non-hydrogen) atoms. The summed E-state index contributed by atoms with van der Waals surface area (Å²) in [5.41, 5.74) is 3.89. The van der Waals surface area contributed by atoms with Crippen LogP contribution in [0.3, 0.4) is 0 Å². The van der Waals surface area contributed by atoms with Crippen molar-refractivity contribution in [3.8, 4) is 0 Å². The van der Waals surface area contributed by atoms with Gasteiger partial charge in [0.15, 0.2) is 0 Å². The predicted octanol–water partition coefficient (Wildman–Crippen LogP) is 4.06. The molecule has 0 unspecified atom stereocenters. The number of rotatable bonds is 1. The highest BCUT2D eigenvalue weighted by atomic mass is 15.1. The van der Waals surface area contributed by atoms with Crippen LogP contribution >= 0.6 is 0 Å². The fraction of sp³-hybridized carbons (Fsp3) is 0.250. The molecule has 2 aromatic carbocycles. The first kappa shape index (κ1) is 13.3. The molecule has 0 saturated carbocycles. The van der Waals surface area contributed by atoms with Gasteiger partial charge in [-0.25, -0.2) is 0 Å². The first-order valence-corrected chi connectivity index (χ1v) is 5.85. The molecule has 90 valence electrons. The lowest BCUT2D eigenvalue weighted by atomic mass is 10.2. The number of aryl methyl sites for hydroxylation is 2. The SMILES string of the molecule is Cc1ccc(N(C)C)cc1.Cc1ccccc1. The fourth-order valence-corrected chi connectivity index (χ4v) is 1.38. The third-order valence-electron chi connectivity index (χ3n) is 2.49. The Bertz CT molecular complexity index is 415. The van der Waals surface area contributed by atoms with Gasteiger partial charge in [0.2, 0.25) is 0 Å². The largest absolute Gasteiger partial charge is 0.378 e. The van der Waals surface area contributed by atoms with E-state index in [2.05, 4.69) is 55.1 Å². The Morgan fingerprint density at radius 2 is 1.12 bits per heavy atom. The van der Waals surface area contributed by atoms with Gasteiger partial charge in [-0.2, -0.15) is 0 Å². The van der Waals surface area contributed by atoms with Crippen LogP contribution in [-0.4, -0.2) is 14.1 Å². The van der Waals surface area contributed by atoms with E-state index in [-0.39, 0.29) is 0 Å². The van der Waals surface area contributed by atoms with Gasteiger partial charge in [-0.15, -0.1) is 0 Å². The van der Waals surface area contributed by atoms with Gasteiger partial charge in [0.25, 0.3) is 0 Å². The molecule has 1 nitrogen and oxygen atoms in total. The topological polar surface area (TPSA) is 3.24 Å². The zero-order valence-corrected chi connectivity index (χ0v) is 11.1. The van der Waals surface area contributed by atoms with Crippen LogP contribution in [0.25, 0.3) is 0 Å². The summed E-state index contributed by atoms with van der Waals surface area (Å²) in [6.07, 6.45) is 0. The number of nitrogens with zero attached hydrogens (tertiary/aromatic N) is 1. The molecular formula is C16H21N. The van der Waals surface area contributed by atoms with Gasteiger partial charge in [0, 0.05) is 19.8 Å². The van der Waals surface area contributed by atoms with Crippen LogP contribution < -0.4 is 4.90 Å². The molecule has 0 amide bonds. The van der Waals surface area contributed by atoms with E-state index < -0.39 is 0 Å². The molecule has 0 aliphatic heterocycles. The molecule has 2 rings (SSSR count). The van der Waals surface area contributed by atoms with Crippen molar-refractivity contribution in [1.82, 2.24) is 0 Å². The molecule has 0 aliphatic carbocycles. The van der Waals surface area contributed by atoms with E-state index in [0.29, 0.717) is 0 Å². The molecule has 0 aliphatic rings. The quantitative estimate of drug-likeness (QED) is 0.710. The summed E-state index contributed by atoms with van der Waals surface area (Å²) in [6, 6.07) is 18.7. The summed E-state index contributed by atoms with van der Waals surface area (Å²) in [5, 5.41) is 0. The van der Waals surface area contributed by atoms with Crippen molar-refractivity contribution in [3.63, 3.8) is 0 Å². The Kier molecular flexibility index (Phi) is 5.28. The summed E-state index contributed by atoms with van der Waals surface area (Å²) in [4.78, 5) is 2.10. The van der Waals surface area contributed by atoms with Gasteiger partial charge in [-0.1, -0.05) is 53.6 Å². The van der Waals surface area contributed by atoms with Gasteiger partial charge in [-0.05, 0) is 26.0 Å². The van der Waals surface area contributed by atoms with Crippen molar-refractivity contribution in [1.29, 1.82) is 0 Å². The lowest BCUT2D eigenvalue weighted by Crippen LogP contribution is -2.07. The number of benzene rings is 2. The molecule has 0 saturated heterocycles. The molecule has 1 heteroatoms. The minimum Gasteiger partial charge on any atom is -0.378 e. The van der Waals surface area contributed by atoms with Gasteiger partial charge >= 0.3 is 0 Å². The van der Waals surface area contributed by atoms with Crippen molar-refractivity contribution in [2.45, 2.75) is 13.8 Å². The molecular weight excluding hydrogens is 206 g/mol. The highest BCUT2D eigenvalue weighted by molar-refractivity contribution is 5.45. The van der Waals surface area contributed by atoms with Crippen LogP contribution in [0.15, 0.2) is 54.6 Å². The summed E-state index contributed by atoms with van der Waals surface area (Å²) < 4.78 is 0. The zero-order chi connectivity index (χ0) is 12.7. The molecule has 0 aromatic heterocycles. The van der Waals surface area contributed by atoms with Gasteiger partial charge in [0.05, 0.1) is 0 Å². The summed E-state index contributed by atoms with van der Waals surface area (Å²) in [5.74, 6) is 0. The fourth-order valence-electron chi connectivity index (χ4n) is 1.38. The van der Waals surface area contributed by atoms with Crippen LogP contribution in [0.1, 0.15) is 11.1 Å². The van der Waals surface area contributed by atoms with E-state index in [0.717, 1.165) is 0 Å². The first-order valence-electron chi connectivity index (χ1n) is 5.85. The highest BCUT2D eigenvalue weighted by Gasteiger charge is 1.90. The Morgan fingerprint density at radius 3 is 1.47 bits per heavy atom. The van der Waals surface area contributed by atoms with E-state index >= 15 is 0 Å². The minimum atomic E-state index is 1.26. The van der Waals surface area contributed by atoms with Crippen molar-refractivity contribution in [3.05, 3.63) is 65.7 Å². The lowest BCUT2D eigenvalue weighted by Gasteiger charge is -2.11. The van der Waals surface area contributed by atoms with E-state index in [1.807, 2.05) is 32.3 Å². The normalized spacial score (nSPS) is 9.18. The number of hydrogen-bond donors (Lipinski definition) is 0. The standard InChI is InChI=1S/C9H13N.C7H8/c1-8-4-6-9(7-5-8)10(2)3;1-7-5-3-2-4-6-7/h4-7H,1-3H3;2-6H,1H3. The predicted molar refractivity (Wildman–Crippen MR) is 76.7 cm³/mol. The summed E-state index contributed by atoms with van der Waals surface area (Å²) in [6.45, 7) is 4.18. The second-order valence-corrected chi connectivity index (χ2v) is 4.38. The molecule has 0 heterocycles. The molecule has 0 radical (unpaired) electrons. The van der Waals surface area contributed by atoms with Crippen LogP contribution in [0, 0.1) is 13.8 Å². The maximum Gasteiger partial charge on any atom is 0.0361 e. The molecule has 0 spiro atoms. The molecule has 0 fully saturated rings. The molecule has 0 atom stereocenters. The molecule has 2 aromatic rings. The molecule has 0 bridgehead atoms. The average molecular weight is 227 g/mol. The van der Waals surface area contributed by atoms with E-state index in [1.165, 1.54) is 16.8 Å². The Morgan fingerprint density at radius 1 is 0.647 bits per heavy atom. The summed E-state index contributed by atoms with van der Waals surface area (Å²) in [7, 11) is 4.09. The monoisotopic (exact) mass is 227 g/mol. The van der Waals surface area contributed by atoms with E-state index in [1.54, 1.807) is 0 Å². The Balaban J connectivity index is 0.000000181. The first-order chi connectivity index (χ1) is 8.09. The zero-order valence-electron chi connectivity index (χ0n) is 11.1. The van der Waals surface area contributed by atoms with Gasteiger partial charge in [-0.3, -0.25) is 0 Å². The highest BCUT2D eigenvalue weighted by Crippen LogP contribution is 2.10. The lowest BCUT2D eigenvalue weighted by molar-refractivity contribution is 1.13. The van der Waals surface area contributed by atoms with Crippen LogP contribution in [0.4, 0.5) is 5.69 Å². The van der Waals surface area contributed by atoms with Crippen molar-refractivity contribution in [2.75, 3.05) is 19.0 Å². The summed E-state index contributed by atoms with van der Waals surface area (Å²) >= 11 is 0. The van der Waals surface area contributed by atoms with Crippen LogP contribution in [0.2, 0.25) is 0 Å². The van der Waals surface area contributed by atoms with Crippen molar-refractivity contribution >= 4 is 5.69 Å².